The van der Waals surface area contributed by atoms with Crippen molar-refractivity contribution in [2.45, 2.75) is 38.8 Å². The summed E-state index contributed by atoms with van der Waals surface area (Å²) in [6.07, 6.45) is 2.35. The Hall–Kier alpha value is 0.580. The lowest BCUT2D eigenvalue weighted by molar-refractivity contribution is 0.116. The number of thiophene rings is 1. The molecular weight excluding hydrogens is 376 g/mol. The average molecular weight is 396 g/mol. The lowest BCUT2D eigenvalue weighted by atomic mass is 9.94. The molecule has 18 heavy (non-hydrogen) atoms. The van der Waals surface area contributed by atoms with E-state index < -0.39 is 0 Å². The number of hydrogen-bond donors (Lipinski definition) is 1. The second kappa shape index (κ2) is 6.35. The molecule has 2 nitrogen and oxygen atoms in total. The van der Waals surface area contributed by atoms with Crippen LogP contribution in [0.1, 0.15) is 37.6 Å². The molecule has 1 saturated heterocycles. The summed E-state index contributed by atoms with van der Waals surface area (Å²) < 4.78 is 2.31. The minimum Gasteiger partial charge on any atom is -0.326 e. The zero-order valence-electron chi connectivity index (χ0n) is 10.8. The average Bonchev–Trinajstić information content (AvgIpc) is 2.58. The van der Waals surface area contributed by atoms with Crippen molar-refractivity contribution in [3.63, 3.8) is 0 Å². The Morgan fingerprint density at radius 3 is 2.78 bits per heavy atom. The number of halogens is 2. The van der Waals surface area contributed by atoms with Crippen LogP contribution in [0.3, 0.4) is 0 Å². The molecule has 1 fully saturated rings. The number of likely N-dealkylation sites (tertiary alicyclic amines) is 1. The highest BCUT2D eigenvalue weighted by molar-refractivity contribution is 9.13. The van der Waals surface area contributed by atoms with E-state index in [0.29, 0.717) is 12.0 Å². The molecule has 102 valence electrons. The van der Waals surface area contributed by atoms with E-state index in [1.54, 1.807) is 11.3 Å². The first-order valence-electron chi connectivity index (χ1n) is 6.43. The Labute approximate surface area is 130 Å². The minimum absolute atomic E-state index is 0.259. The Morgan fingerprint density at radius 2 is 2.22 bits per heavy atom. The highest BCUT2D eigenvalue weighted by Gasteiger charge is 2.32. The highest BCUT2D eigenvalue weighted by atomic mass is 79.9. The van der Waals surface area contributed by atoms with Crippen LogP contribution in [0.2, 0.25) is 0 Å². The quantitative estimate of drug-likeness (QED) is 0.821. The van der Waals surface area contributed by atoms with Crippen LogP contribution < -0.4 is 5.73 Å². The Kier molecular flexibility index (Phi) is 5.29. The fourth-order valence-electron chi connectivity index (χ4n) is 2.67. The lowest BCUT2D eigenvalue weighted by Crippen LogP contribution is -2.46. The molecule has 2 atom stereocenters. The van der Waals surface area contributed by atoms with Gasteiger partial charge in [0.25, 0.3) is 0 Å². The maximum absolute atomic E-state index is 6.37. The van der Waals surface area contributed by atoms with Crippen LogP contribution >= 0.6 is 43.2 Å². The maximum Gasteiger partial charge on any atom is 0.0843 e. The first-order valence-corrected chi connectivity index (χ1v) is 8.83. The lowest BCUT2D eigenvalue weighted by Gasteiger charge is -2.40. The molecule has 0 bridgehead atoms. The van der Waals surface area contributed by atoms with Crippen molar-refractivity contribution in [1.29, 1.82) is 0 Å². The van der Waals surface area contributed by atoms with Crippen LogP contribution in [0, 0.1) is 5.92 Å². The van der Waals surface area contributed by atoms with E-state index in [1.807, 2.05) is 0 Å². The topological polar surface area (TPSA) is 29.3 Å². The smallest absolute Gasteiger partial charge is 0.0843 e. The van der Waals surface area contributed by atoms with Gasteiger partial charge < -0.3 is 5.73 Å². The summed E-state index contributed by atoms with van der Waals surface area (Å²) in [6.45, 7) is 6.85. The van der Waals surface area contributed by atoms with E-state index in [4.69, 9.17) is 5.73 Å². The molecule has 2 N–H and O–H groups in total. The standard InChI is InChI=1S/C13H20Br2N2S/c1-8(2)7-17-5-3-4-10(16)12(17)11-6-9(14)13(15)18-11/h6,8,10,12H,3-5,7,16H2,1-2H3. The molecule has 5 heteroatoms. The zero-order chi connectivity index (χ0) is 13.3. The van der Waals surface area contributed by atoms with Crippen LogP contribution in [0.4, 0.5) is 0 Å². The van der Waals surface area contributed by atoms with Crippen molar-refractivity contribution in [2.24, 2.45) is 11.7 Å². The van der Waals surface area contributed by atoms with Crippen molar-refractivity contribution in [3.8, 4) is 0 Å². The van der Waals surface area contributed by atoms with Gasteiger partial charge in [0.15, 0.2) is 0 Å². The maximum atomic E-state index is 6.37. The van der Waals surface area contributed by atoms with E-state index in [-0.39, 0.29) is 6.04 Å². The molecule has 2 rings (SSSR count). The Bertz CT molecular complexity index is 386. The first kappa shape index (κ1) is 15.0. The third kappa shape index (κ3) is 3.37. The molecule has 0 aromatic carbocycles. The molecule has 1 aromatic heterocycles. The van der Waals surface area contributed by atoms with Crippen LogP contribution in [-0.4, -0.2) is 24.0 Å². The third-order valence-corrected chi connectivity index (χ3v) is 6.66. The van der Waals surface area contributed by atoms with Gasteiger partial charge >= 0.3 is 0 Å². The molecular formula is C13H20Br2N2S. The summed E-state index contributed by atoms with van der Waals surface area (Å²) in [4.78, 5) is 3.94. The summed E-state index contributed by atoms with van der Waals surface area (Å²) >= 11 is 8.97. The van der Waals surface area contributed by atoms with Gasteiger partial charge in [-0.15, -0.1) is 11.3 Å². The summed E-state index contributed by atoms with van der Waals surface area (Å²) in [5.74, 6) is 0.685. The second-order valence-corrected chi connectivity index (χ2v) is 8.67. The summed E-state index contributed by atoms with van der Waals surface area (Å²) in [7, 11) is 0. The van der Waals surface area contributed by atoms with Crippen LogP contribution in [0.5, 0.6) is 0 Å². The Morgan fingerprint density at radius 1 is 1.50 bits per heavy atom. The van der Waals surface area contributed by atoms with Crippen molar-refractivity contribution in [2.75, 3.05) is 13.1 Å². The predicted molar refractivity (Wildman–Crippen MR) is 86.1 cm³/mol. The molecule has 0 saturated carbocycles. The molecule has 0 radical (unpaired) electrons. The summed E-state index contributed by atoms with van der Waals surface area (Å²) in [5, 5.41) is 0. The largest absolute Gasteiger partial charge is 0.326 e. The van der Waals surface area contributed by atoms with Crippen molar-refractivity contribution < 1.29 is 0 Å². The SMILES string of the molecule is CC(C)CN1CCCC(N)C1c1cc(Br)c(Br)s1. The molecule has 1 aliphatic heterocycles. The number of nitrogens with two attached hydrogens (primary N) is 1. The van der Waals surface area contributed by atoms with Crippen LogP contribution in [0.15, 0.2) is 14.3 Å². The molecule has 2 heterocycles. The fourth-order valence-corrected chi connectivity index (χ4v) is 4.97. The summed E-state index contributed by atoms with van der Waals surface area (Å²) in [5.41, 5.74) is 6.37. The third-order valence-electron chi connectivity index (χ3n) is 3.34. The van der Waals surface area contributed by atoms with E-state index in [2.05, 4.69) is 56.7 Å². The molecule has 0 aliphatic carbocycles. The fraction of sp³-hybridized carbons (Fsp3) is 0.692. The van der Waals surface area contributed by atoms with Gasteiger partial charge in [0, 0.05) is 21.9 Å². The highest BCUT2D eigenvalue weighted by Crippen LogP contribution is 2.40. The zero-order valence-corrected chi connectivity index (χ0v) is 14.8. The molecule has 0 spiro atoms. The van der Waals surface area contributed by atoms with Gasteiger partial charge in [-0.05, 0) is 63.2 Å². The van der Waals surface area contributed by atoms with Gasteiger partial charge in [-0.25, -0.2) is 0 Å². The number of nitrogens with zero attached hydrogens (tertiary/aromatic N) is 1. The van der Waals surface area contributed by atoms with Crippen molar-refractivity contribution in [1.82, 2.24) is 4.90 Å². The molecule has 1 aromatic rings. The van der Waals surface area contributed by atoms with E-state index in [0.717, 1.165) is 17.4 Å². The second-order valence-electron chi connectivity index (χ2n) is 5.41. The minimum atomic E-state index is 0.259. The predicted octanol–water partition coefficient (Wildman–Crippen LogP) is 4.39. The molecule has 0 amide bonds. The van der Waals surface area contributed by atoms with Crippen molar-refractivity contribution >= 4 is 43.2 Å². The van der Waals surface area contributed by atoms with Crippen molar-refractivity contribution in [3.05, 3.63) is 19.2 Å². The van der Waals surface area contributed by atoms with E-state index in [1.165, 1.54) is 21.6 Å². The monoisotopic (exact) mass is 394 g/mol. The first-order chi connectivity index (χ1) is 8.49. The van der Waals surface area contributed by atoms with Gasteiger partial charge in [-0.3, -0.25) is 4.90 Å². The van der Waals surface area contributed by atoms with Crippen LogP contribution in [-0.2, 0) is 0 Å². The number of piperidine rings is 1. The van der Waals surface area contributed by atoms with Crippen LogP contribution in [0.25, 0.3) is 0 Å². The number of rotatable bonds is 3. The van der Waals surface area contributed by atoms with E-state index in [9.17, 15) is 0 Å². The number of hydrogen-bond acceptors (Lipinski definition) is 3. The molecule has 1 aliphatic rings. The van der Waals surface area contributed by atoms with Gasteiger partial charge in [0.2, 0.25) is 0 Å². The molecule has 2 unspecified atom stereocenters. The summed E-state index contributed by atoms with van der Waals surface area (Å²) in [6, 6.07) is 2.86. The Balaban J connectivity index is 2.23. The van der Waals surface area contributed by atoms with Gasteiger partial charge in [0.1, 0.15) is 0 Å². The van der Waals surface area contributed by atoms with Gasteiger partial charge in [-0.1, -0.05) is 13.8 Å². The normalized spacial score (nSPS) is 25.9. The van der Waals surface area contributed by atoms with Gasteiger partial charge in [0.05, 0.1) is 9.83 Å². The van der Waals surface area contributed by atoms with Gasteiger partial charge in [-0.2, -0.15) is 0 Å². The van der Waals surface area contributed by atoms with E-state index >= 15 is 0 Å².